The quantitative estimate of drug-likeness (QED) is 0.275. The summed E-state index contributed by atoms with van der Waals surface area (Å²) in [6, 6.07) is 6.69. The number of thiophene rings is 1. The molecule has 14 heteroatoms. The first-order valence-corrected chi connectivity index (χ1v) is 11.9. The van der Waals surface area contributed by atoms with Crippen molar-refractivity contribution in [2.24, 2.45) is 0 Å². The molecule has 5 aromatic heterocycles. The predicted octanol–water partition coefficient (Wildman–Crippen LogP) is 3.59. The zero-order valence-corrected chi connectivity index (χ0v) is 20.7. The number of nitrogens with zero attached hydrogens (tertiary/aromatic N) is 5. The number of hydrogen-bond acceptors (Lipinski definition) is 11. The number of ketones is 1. The van der Waals surface area contributed by atoms with Crippen LogP contribution in [0.4, 0.5) is 5.82 Å². The van der Waals surface area contributed by atoms with Crippen LogP contribution in [-0.4, -0.2) is 43.3 Å². The standard InChI is InChI=1S/C23H17ClN6O6S/c1-34-17-4-5-29(10-16(31)13-7-27-36-11-13)23(33)21(17)15-6-20(26-8-14-2-3-19(24)37-14)30(28-15)22(32)18-9-25-12-35-18/h2-7,9,11-12,26H,8,10H2,1H3. The number of Topliss-reactive ketones (excluding diaryl/α,β-unsaturated/α-hetero) is 1. The second-order valence-corrected chi connectivity index (χ2v) is 9.38. The second-order valence-electron chi connectivity index (χ2n) is 7.59. The SMILES string of the molecule is COc1ccn(CC(=O)c2cnoc2)c(=O)c1-c1cc(NCc2ccc(Cl)s2)n(C(=O)c2cnco2)n1. The number of oxazole rings is 1. The molecule has 0 unspecified atom stereocenters. The molecule has 0 saturated carbocycles. The number of aromatic nitrogens is 5. The van der Waals surface area contributed by atoms with Crippen molar-refractivity contribution in [2.75, 3.05) is 12.4 Å². The van der Waals surface area contributed by atoms with E-state index in [4.69, 9.17) is 25.3 Å². The molecular formula is C23H17ClN6O6S. The molecule has 37 heavy (non-hydrogen) atoms. The molecule has 0 fully saturated rings. The van der Waals surface area contributed by atoms with Crippen LogP contribution in [0, 0.1) is 0 Å². The van der Waals surface area contributed by atoms with Gasteiger partial charge in [-0.2, -0.15) is 9.78 Å². The third-order valence-electron chi connectivity index (χ3n) is 5.29. The van der Waals surface area contributed by atoms with E-state index in [9.17, 15) is 14.4 Å². The number of anilines is 1. The Labute approximate surface area is 217 Å². The van der Waals surface area contributed by atoms with Gasteiger partial charge in [-0.05, 0) is 18.2 Å². The molecule has 5 aromatic rings. The number of ether oxygens (including phenoxy) is 1. The van der Waals surface area contributed by atoms with Crippen LogP contribution in [0.25, 0.3) is 11.3 Å². The Hall–Kier alpha value is -4.49. The van der Waals surface area contributed by atoms with Crippen molar-refractivity contribution in [2.45, 2.75) is 13.1 Å². The van der Waals surface area contributed by atoms with Gasteiger partial charge in [-0.25, -0.2) is 4.98 Å². The number of carbonyl (C=O) groups excluding carboxylic acids is 2. The lowest BCUT2D eigenvalue weighted by Gasteiger charge is -2.10. The minimum Gasteiger partial charge on any atom is -0.496 e. The molecule has 5 rings (SSSR count). The van der Waals surface area contributed by atoms with Gasteiger partial charge in [0.1, 0.15) is 29.1 Å². The van der Waals surface area contributed by atoms with Gasteiger partial charge in [0.2, 0.25) is 5.76 Å². The molecule has 0 saturated heterocycles. The molecule has 188 valence electrons. The van der Waals surface area contributed by atoms with E-state index in [0.717, 1.165) is 16.0 Å². The zero-order chi connectivity index (χ0) is 25.9. The van der Waals surface area contributed by atoms with Crippen LogP contribution in [0.15, 0.2) is 69.2 Å². The van der Waals surface area contributed by atoms with Crippen LogP contribution in [0.1, 0.15) is 25.8 Å². The smallest absolute Gasteiger partial charge is 0.317 e. The third-order valence-corrected chi connectivity index (χ3v) is 6.52. The van der Waals surface area contributed by atoms with E-state index in [0.29, 0.717) is 16.7 Å². The molecule has 5 heterocycles. The van der Waals surface area contributed by atoms with E-state index in [1.165, 1.54) is 60.0 Å². The predicted molar refractivity (Wildman–Crippen MR) is 132 cm³/mol. The number of carbonyl (C=O) groups is 2. The average Bonchev–Trinajstić information content (AvgIpc) is 3.71. The topological polar surface area (TPSA) is 147 Å². The van der Waals surface area contributed by atoms with Gasteiger partial charge in [0.25, 0.3) is 5.56 Å². The summed E-state index contributed by atoms with van der Waals surface area (Å²) in [5.41, 5.74) is -0.105. The molecule has 0 aliphatic rings. The Kier molecular flexibility index (Phi) is 6.70. The lowest BCUT2D eigenvalue weighted by Crippen LogP contribution is -2.25. The van der Waals surface area contributed by atoms with Crippen molar-refractivity contribution in [3.63, 3.8) is 0 Å². The van der Waals surface area contributed by atoms with Crippen molar-refractivity contribution in [1.82, 2.24) is 24.5 Å². The molecule has 0 aliphatic carbocycles. The van der Waals surface area contributed by atoms with Crippen molar-refractivity contribution in [3.8, 4) is 17.0 Å². The molecule has 0 bridgehead atoms. The Morgan fingerprint density at radius 2 is 2.11 bits per heavy atom. The summed E-state index contributed by atoms with van der Waals surface area (Å²) in [5, 5.41) is 11.0. The highest BCUT2D eigenvalue weighted by atomic mass is 35.5. The minimum absolute atomic E-state index is 0.0476. The first kappa shape index (κ1) is 24.2. The van der Waals surface area contributed by atoms with Crippen LogP contribution in [-0.2, 0) is 13.1 Å². The van der Waals surface area contributed by atoms with Crippen molar-refractivity contribution in [3.05, 3.63) is 86.4 Å². The van der Waals surface area contributed by atoms with E-state index in [1.54, 1.807) is 6.07 Å². The van der Waals surface area contributed by atoms with E-state index >= 15 is 0 Å². The minimum atomic E-state index is -0.603. The fraction of sp³-hybridized carbons (Fsp3) is 0.130. The van der Waals surface area contributed by atoms with Gasteiger partial charge >= 0.3 is 5.91 Å². The fourth-order valence-corrected chi connectivity index (χ4v) is 4.54. The maximum absolute atomic E-state index is 13.5. The molecule has 0 amide bonds. The van der Waals surface area contributed by atoms with Crippen molar-refractivity contribution < 1.29 is 23.3 Å². The number of hydrogen-bond donors (Lipinski definition) is 1. The Balaban J connectivity index is 1.55. The van der Waals surface area contributed by atoms with E-state index in [1.807, 2.05) is 6.07 Å². The maximum atomic E-state index is 13.5. The van der Waals surface area contributed by atoms with E-state index in [-0.39, 0.29) is 40.7 Å². The first-order chi connectivity index (χ1) is 17.9. The number of halogens is 1. The summed E-state index contributed by atoms with van der Waals surface area (Å²) < 4.78 is 18.2. The van der Waals surface area contributed by atoms with Gasteiger partial charge < -0.3 is 23.6 Å². The average molecular weight is 541 g/mol. The van der Waals surface area contributed by atoms with Gasteiger partial charge in [-0.3, -0.25) is 14.4 Å². The summed E-state index contributed by atoms with van der Waals surface area (Å²) in [5.74, 6) is -0.519. The second kappa shape index (κ2) is 10.2. The molecule has 0 aromatic carbocycles. The highest BCUT2D eigenvalue weighted by Gasteiger charge is 2.24. The Bertz CT molecular complexity index is 1620. The van der Waals surface area contributed by atoms with Gasteiger partial charge in [0, 0.05) is 17.1 Å². The maximum Gasteiger partial charge on any atom is 0.317 e. The number of pyridine rings is 1. The number of nitrogens with one attached hydrogen (secondary N) is 1. The molecule has 0 aliphatic heterocycles. The van der Waals surface area contributed by atoms with Gasteiger partial charge in [-0.15, -0.1) is 11.3 Å². The molecule has 0 radical (unpaired) electrons. The van der Waals surface area contributed by atoms with Gasteiger partial charge in [0.05, 0.1) is 42.5 Å². The number of methoxy groups -OCH3 is 1. The summed E-state index contributed by atoms with van der Waals surface area (Å²) in [6.07, 6.45) is 6.30. The molecule has 0 atom stereocenters. The van der Waals surface area contributed by atoms with E-state index < -0.39 is 11.5 Å². The van der Waals surface area contributed by atoms with Crippen LogP contribution < -0.4 is 15.6 Å². The number of rotatable bonds is 9. The highest BCUT2D eigenvalue weighted by molar-refractivity contribution is 7.16. The normalized spacial score (nSPS) is 11.0. The van der Waals surface area contributed by atoms with Gasteiger partial charge in [-0.1, -0.05) is 16.8 Å². The van der Waals surface area contributed by atoms with E-state index in [2.05, 4.69) is 20.6 Å². The summed E-state index contributed by atoms with van der Waals surface area (Å²) >= 11 is 7.41. The van der Waals surface area contributed by atoms with Crippen LogP contribution in [0.5, 0.6) is 5.75 Å². The lowest BCUT2D eigenvalue weighted by atomic mass is 10.1. The van der Waals surface area contributed by atoms with Crippen LogP contribution >= 0.6 is 22.9 Å². The zero-order valence-electron chi connectivity index (χ0n) is 19.1. The summed E-state index contributed by atoms with van der Waals surface area (Å²) in [7, 11) is 1.40. The highest BCUT2D eigenvalue weighted by Crippen LogP contribution is 2.29. The largest absolute Gasteiger partial charge is 0.496 e. The molecule has 0 spiro atoms. The summed E-state index contributed by atoms with van der Waals surface area (Å²) in [4.78, 5) is 43.8. The molecule has 1 N–H and O–H groups in total. The van der Waals surface area contributed by atoms with Crippen molar-refractivity contribution >= 4 is 40.4 Å². The van der Waals surface area contributed by atoms with Crippen LogP contribution in [0.3, 0.4) is 0 Å². The Morgan fingerprint density at radius 3 is 2.78 bits per heavy atom. The Morgan fingerprint density at radius 1 is 1.24 bits per heavy atom. The lowest BCUT2D eigenvalue weighted by molar-refractivity contribution is 0.0919. The molecule has 12 nitrogen and oxygen atoms in total. The van der Waals surface area contributed by atoms with Crippen LogP contribution in [0.2, 0.25) is 4.34 Å². The monoisotopic (exact) mass is 540 g/mol. The first-order valence-electron chi connectivity index (χ1n) is 10.7. The summed E-state index contributed by atoms with van der Waals surface area (Å²) in [6.45, 7) is 0.0780. The fourth-order valence-electron chi connectivity index (χ4n) is 3.51. The third kappa shape index (κ3) is 4.94. The molecular weight excluding hydrogens is 524 g/mol. The van der Waals surface area contributed by atoms with Crippen molar-refractivity contribution in [1.29, 1.82) is 0 Å². The van der Waals surface area contributed by atoms with Gasteiger partial charge in [0.15, 0.2) is 12.2 Å².